The SMILES string of the molecule is CN1CCN(CCNC(=O)N[C@@H]2CCSC2)CC1(C)C. The molecule has 0 spiro atoms. The standard InChI is InChI=1S/C14H28N4OS/c1-14(2)11-18(8-7-17(14)3)6-5-15-13(19)16-12-4-9-20-10-12/h12H,4-11H2,1-3H3,(H2,15,16,19)/t12-/m1/s1. The molecule has 0 aromatic rings. The minimum atomic E-state index is -0.00844. The highest BCUT2D eigenvalue weighted by atomic mass is 32.2. The van der Waals surface area contributed by atoms with Crippen LogP contribution < -0.4 is 10.6 Å². The molecule has 20 heavy (non-hydrogen) atoms. The van der Waals surface area contributed by atoms with Crippen LogP contribution in [-0.2, 0) is 0 Å². The molecule has 0 unspecified atom stereocenters. The Labute approximate surface area is 126 Å². The van der Waals surface area contributed by atoms with Crippen molar-refractivity contribution in [3.63, 3.8) is 0 Å². The number of rotatable bonds is 4. The molecule has 2 saturated heterocycles. The smallest absolute Gasteiger partial charge is 0.315 e. The largest absolute Gasteiger partial charge is 0.337 e. The van der Waals surface area contributed by atoms with Crippen LogP contribution in [0.3, 0.4) is 0 Å². The highest BCUT2D eigenvalue weighted by Gasteiger charge is 2.30. The van der Waals surface area contributed by atoms with Crippen LogP contribution in [0.5, 0.6) is 0 Å². The molecule has 2 rings (SSSR count). The molecule has 5 nitrogen and oxygen atoms in total. The molecule has 2 amide bonds. The maximum Gasteiger partial charge on any atom is 0.315 e. The summed E-state index contributed by atoms with van der Waals surface area (Å²) in [5.74, 6) is 2.22. The predicted molar refractivity (Wildman–Crippen MR) is 85.4 cm³/mol. The van der Waals surface area contributed by atoms with Gasteiger partial charge in [0.05, 0.1) is 0 Å². The van der Waals surface area contributed by atoms with Gasteiger partial charge in [0.2, 0.25) is 0 Å². The van der Waals surface area contributed by atoms with Gasteiger partial charge in [-0.1, -0.05) is 0 Å². The van der Waals surface area contributed by atoms with E-state index in [0.29, 0.717) is 6.04 Å². The van der Waals surface area contributed by atoms with Gasteiger partial charge in [-0.3, -0.25) is 9.80 Å². The number of hydrogen-bond donors (Lipinski definition) is 2. The monoisotopic (exact) mass is 300 g/mol. The van der Waals surface area contributed by atoms with Gasteiger partial charge in [-0.05, 0) is 33.1 Å². The summed E-state index contributed by atoms with van der Waals surface area (Å²) in [6.45, 7) is 9.46. The molecule has 1 atom stereocenters. The van der Waals surface area contributed by atoms with Crippen LogP contribution >= 0.6 is 11.8 Å². The number of carbonyl (C=O) groups excluding carboxylic acids is 1. The number of piperazine rings is 1. The topological polar surface area (TPSA) is 47.6 Å². The Bertz CT molecular complexity index is 331. The van der Waals surface area contributed by atoms with Crippen molar-refractivity contribution in [3.05, 3.63) is 0 Å². The number of carbonyl (C=O) groups is 1. The first kappa shape index (κ1) is 15.9. The molecule has 0 aromatic heterocycles. The Morgan fingerprint density at radius 1 is 1.40 bits per heavy atom. The molecule has 2 heterocycles. The predicted octanol–water partition coefficient (Wildman–Crippen LogP) is 0.817. The molecule has 0 aliphatic carbocycles. The highest BCUT2D eigenvalue weighted by molar-refractivity contribution is 7.99. The Balaban J connectivity index is 1.62. The molecular formula is C14H28N4OS. The maximum atomic E-state index is 11.8. The van der Waals surface area contributed by atoms with Crippen molar-refractivity contribution in [1.29, 1.82) is 0 Å². The summed E-state index contributed by atoms with van der Waals surface area (Å²) >= 11 is 1.92. The normalized spacial score (nSPS) is 27.4. The van der Waals surface area contributed by atoms with E-state index in [9.17, 15) is 4.79 Å². The fraction of sp³-hybridized carbons (Fsp3) is 0.929. The third-order valence-corrected chi connectivity index (χ3v) is 5.54. The van der Waals surface area contributed by atoms with Gasteiger partial charge in [0, 0.05) is 50.1 Å². The summed E-state index contributed by atoms with van der Waals surface area (Å²) in [7, 11) is 2.18. The third-order valence-electron chi connectivity index (χ3n) is 4.37. The van der Waals surface area contributed by atoms with E-state index in [-0.39, 0.29) is 11.6 Å². The van der Waals surface area contributed by atoms with Gasteiger partial charge in [-0.15, -0.1) is 0 Å². The van der Waals surface area contributed by atoms with Crippen molar-refractivity contribution < 1.29 is 4.79 Å². The van der Waals surface area contributed by atoms with Gasteiger partial charge < -0.3 is 10.6 Å². The van der Waals surface area contributed by atoms with Crippen LogP contribution in [-0.4, -0.2) is 78.7 Å². The van der Waals surface area contributed by atoms with Gasteiger partial charge in [0.15, 0.2) is 0 Å². The quantitative estimate of drug-likeness (QED) is 0.807. The molecule has 2 fully saturated rings. The summed E-state index contributed by atoms with van der Waals surface area (Å²) < 4.78 is 0. The second-order valence-electron chi connectivity index (χ2n) is 6.47. The molecule has 0 saturated carbocycles. The van der Waals surface area contributed by atoms with Crippen LogP contribution in [0.2, 0.25) is 0 Å². The first-order valence-electron chi connectivity index (χ1n) is 7.53. The number of urea groups is 1. The van der Waals surface area contributed by atoms with Crippen LogP contribution in [0, 0.1) is 0 Å². The van der Waals surface area contributed by atoms with E-state index in [0.717, 1.165) is 44.9 Å². The number of nitrogens with zero attached hydrogens (tertiary/aromatic N) is 2. The molecular weight excluding hydrogens is 272 g/mol. The molecule has 116 valence electrons. The first-order valence-corrected chi connectivity index (χ1v) is 8.68. The van der Waals surface area contributed by atoms with Crippen LogP contribution in [0.4, 0.5) is 4.79 Å². The maximum absolute atomic E-state index is 11.8. The van der Waals surface area contributed by atoms with Crippen LogP contribution in [0.1, 0.15) is 20.3 Å². The van der Waals surface area contributed by atoms with E-state index in [4.69, 9.17) is 0 Å². The van der Waals surface area contributed by atoms with Crippen molar-refractivity contribution in [2.45, 2.75) is 31.8 Å². The Kier molecular flexibility index (Phi) is 5.57. The zero-order valence-electron chi connectivity index (χ0n) is 12.9. The fourth-order valence-corrected chi connectivity index (χ4v) is 3.90. The van der Waals surface area contributed by atoms with Gasteiger partial charge in [0.25, 0.3) is 0 Å². The van der Waals surface area contributed by atoms with Crippen LogP contribution in [0.25, 0.3) is 0 Å². The second-order valence-corrected chi connectivity index (χ2v) is 7.62. The lowest BCUT2D eigenvalue weighted by Gasteiger charge is -2.45. The summed E-state index contributed by atoms with van der Waals surface area (Å²) in [6.07, 6.45) is 1.10. The Hall–Kier alpha value is -0.460. The lowest BCUT2D eigenvalue weighted by atomic mass is 10.00. The third kappa shape index (κ3) is 4.53. The molecule has 2 aliphatic rings. The summed E-state index contributed by atoms with van der Waals surface area (Å²) in [4.78, 5) is 16.6. The van der Waals surface area contributed by atoms with Crippen molar-refractivity contribution >= 4 is 17.8 Å². The summed E-state index contributed by atoms with van der Waals surface area (Å²) in [5, 5.41) is 6.02. The first-order chi connectivity index (χ1) is 9.47. The Morgan fingerprint density at radius 3 is 2.85 bits per heavy atom. The van der Waals surface area contributed by atoms with Crippen LogP contribution in [0.15, 0.2) is 0 Å². The van der Waals surface area contributed by atoms with E-state index in [1.54, 1.807) is 0 Å². The van der Waals surface area contributed by atoms with Crippen molar-refractivity contribution in [1.82, 2.24) is 20.4 Å². The molecule has 0 bridgehead atoms. The average molecular weight is 300 g/mol. The van der Waals surface area contributed by atoms with E-state index in [2.05, 4.69) is 41.3 Å². The Morgan fingerprint density at radius 2 is 2.20 bits per heavy atom. The average Bonchev–Trinajstić information content (AvgIpc) is 2.86. The second kappa shape index (κ2) is 7.00. The molecule has 2 aliphatic heterocycles. The van der Waals surface area contributed by atoms with Gasteiger partial charge in [0.1, 0.15) is 0 Å². The number of likely N-dealkylation sites (N-methyl/N-ethyl adjacent to an activating group) is 1. The van der Waals surface area contributed by atoms with Crippen molar-refractivity contribution in [2.75, 3.05) is 51.3 Å². The van der Waals surface area contributed by atoms with E-state index in [1.165, 1.54) is 5.75 Å². The van der Waals surface area contributed by atoms with E-state index < -0.39 is 0 Å². The molecule has 0 radical (unpaired) electrons. The molecule has 6 heteroatoms. The number of amides is 2. The lowest BCUT2D eigenvalue weighted by molar-refractivity contribution is 0.0410. The zero-order valence-corrected chi connectivity index (χ0v) is 13.8. The fourth-order valence-electron chi connectivity index (χ4n) is 2.74. The van der Waals surface area contributed by atoms with Gasteiger partial charge in [-0.2, -0.15) is 11.8 Å². The van der Waals surface area contributed by atoms with E-state index in [1.807, 2.05) is 11.8 Å². The number of nitrogens with one attached hydrogen (secondary N) is 2. The molecule has 0 aromatic carbocycles. The highest BCUT2D eigenvalue weighted by Crippen LogP contribution is 2.18. The lowest BCUT2D eigenvalue weighted by Crippen LogP contribution is -2.58. The number of thioether (sulfide) groups is 1. The van der Waals surface area contributed by atoms with Crippen molar-refractivity contribution in [3.8, 4) is 0 Å². The minimum Gasteiger partial charge on any atom is -0.337 e. The van der Waals surface area contributed by atoms with E-state index >= 15 is 0 Å². The van der Waals surface area contributed by atoms with Crippen molar-refractivity contribution in [2.24, 2.45) is 0 Å². The zero-order chi connectivity index (χ0) is 14.6. The number of hydrogen-bond acceptors (Lipinski definition) is 4. The molecule has 2 N–H and O–H groups in total. The summed E-state index contributed by atoms with van der Waals surface area (Å²) in [5.41, 5.74) is 0.224. The van der Waals surface area contributed by atoms with Gasteiger partial charge in [-0.25, -0.2) is 4.79 Å². The minimum absolute atomic E-state index is 0.00844. The van der Waals surface area contributed by atoms with Gasteiger partial charge >= 0.3 is 6.03 Å². The summed E-state index contributed by atoms with van der Waals surface area (Å²) in [6, 6.07) is 0.355.